The van der Waals surface area contributed by atoms with Gasteiger partial charge in [-0.15, -0.1) is 11.3 Å². The summed E-state index contributed by atoms with van der Waals surface area (Å²) in [6, 6.07) is 0. The molecule has 4 aromatic rings. The molecule has 4 heterocycles. The molecule has 1 radical (unpaired) electrons. The third-order valence-corrected chi connectivity index (χ3v) is 5.73. The molecular formula is C22H28IrN9S-3. The van der Waals surface area contributed by atoms with Gasteiger partial charge in [-0.2, -0.15) is 0 Å². The molecule has 0 N–H and O–H groups in total. The number of imidazole rings is 3. The molecule has 0 aliphatic carbocycles. The Balaban J connectivity index is 0.00000306. The van der Waals surface area contributed by atoms with E-state index in [-0.39, 0.29) is 20.1 Å². The fourth-order valence-corrected chi connectivity index (χ4v) is 4.26. The van der Waals surface area contributed by atoms with Crippen molar-refractivity contribution in [3.8, 4) is 0 Å². The van der Waals surface area contributed by atoms with Crippen molar-refractivity contribution in [2.45, 2.75) is 53.4 Å². The molecule has 33 heavy (non-hydrogen) atoms. The third-order valence-electron chi connectivity index (χ3n) is 5.09. The minimum absolute atomic E-state index is 0. The molecule has 0 spiro atoms. The Morgan fingerprint density at radius 3 is 1.52 bits per heavy atom. The monoisotopic (exact) mass is 643 g/mol. The summed E-state index contributed by atoms with van der Waals surface area (Å²) in [4.78, 5) is 35.7. The van der Waals surface area contributed by atoms with Crippen molar-refractivity contribution in [3.05, 3.63) is 69.7 Å². The number of nitrogens with zero attached hydrogens (tertiary/aromatic N) is 9. The zero-order valence-corrected chi connectivity index (χ0v) is 22.3. The van der Waals surface area contributed by atoms with Crippen molar-refractivity contribution in [3.63, 3.8) is 0 Å². The zero-order chi connectivity index (χ0) is 22.3. The molecule has 9 nitrogen and oxygen atoms in total. The Labute approximate surface area is 211 Å². The zero-order valence-electron chi connectivity index (χ0n) is 19.1. The third kappa shape index (κ3) is 7.97. The smallest absolute Gasteiger partial charge is 0.0795 e. The summed E-state index contributed by atoms with van der Waals surface area (Å²) in [6.07, 6.45) is 6.57. The second kappa shape index (κ2) is 12.3. The summed E-state index contributed by atoms with van der Waals surface area (Å²) >= 11 is 1.63. The SMILES string of the molecule is Cc1ncc(CN(CCCN(Cc2cnc(C)[n-]2)Cc2cnc(C)[n-]2)Cc2cscn2)[n-]1.[Ir]. The fourth-order valence-electron chi connectivity index (χ4n) is 3.71. The second-order valence-electron chi connectivity index (χ2n) is 7.98. The summed E-state index contributed by atoms with van der Waals surface area (Å²) < 4.78 is 0. The minimum atomic E-state index is 0. The Morgan fingerprint density at radius 2 is 1.15 bits per heavy atom. The van der Waals surface area contributed by atoms with Gasteiger partial charge >= 0.3 is 0 Å². The fraction of sp³-hybridized carbons (Fsp3) is 0.455. The molecule has 0 aromatic carbocycles. The summed E-state index contributed by atoms with van der Waals surface area (Å²) in [5, 5.41) is 2.11. The number of aromatic nitrogens is 7. The molecule has 0 saturated carbocycles. The molecule has 0 aliphatic rings. The van der Waals surface area contributed by atoms with E-state index < -0.39 is 0 Å². The second-order valence-corrected chi connectivity index (χ2v) is 8.70. The van der Waals surface area contributed by atoms with E-state index in [1.807, 2.05) is 44.9 Å². The first-order chi connectivity index (χ1) is 15.5. The van der Waals surface area contributed by atoms with Crippen LogP contribution in [0.5, 0.6) is 0 Å². The molecule has 0 atom stereocenters. The molecule has 0 amide bonds. The average molecular weight is 643 g/mol. The van der Waals surface area contributed by atoms with Crippen LogP contribution >= 0.6 is 11.3 Å². The molecule has 4 aromatic heterocycles. The van der Waals surface area contributed by atoms with Gasteiger partial charge < -0.3 is 29.9 Å². The summed E-state index contributed by atoms with van der Waals surface area (Å²) in [6.45, 7) is 10.7. The van der Waals surface area contributed by atoms with Crippen LogP contribution in [0.15, 0.2) is 29.5 Å². The van der Waals surface area contributed by atoms with E-state index in [1.54, 1.807) is 11.3 Å². The van der Waals surface area contributed by atoms with Crippen LogP contribution in [0.4, 0.5) is 0 Å². The van der Waals surface area contributed by atoms with Gasteiger partial charge in [0.25, 0.3) is 0 Å². The predicted octanol–water partition coefficient (Wildman–Crippen LogP) is 2.22. The van der Waals surface area contributed by atoms with Gasteiger partial charge in [-0.25, -0.2) is 4.98 Å². The van der Waals surface area contributed by atoms with Crippen LogP contribution in [0.2, 0.25) is 0 Å². The van der Waals surface area contributed by atoms with E-state index in [9.17, 15) is 0 Å². The summed E-state index contributed by atoms with van der Waals surface area (Å²) in [5.41, 5.74) is 5.95. The standard InChI is InChI=1S/C22H28N9S.Ir/c1-16-23-7-19(27-16)10-30(11-20-8-24-17(2)28-20)5-4-6-31(13-22-14-32-15-26-22)12-21-9-25-18(3)29-21;/h7-9,14-15H,4-6,10-13H2,1-3H3;/q-3;. The molecule has 0 aliphatic heterocycles. The minimum Gasteiger partial charge on any atom is -0.446 e. The Hall–Kier alpha value is -2.17. The van der Waals surface area contributed by atoms with Gasteiger partial charge in [-0.05, 0) is 27.2 Å². The van der Waals surface area contributed by atoms with Crippen LogP contribution in [-0.4, -0.2) is 42.8 Å². The Morgan fingerprint density at radius 1 is 0.697 bits per heavy atom. The average Bonchev–Trinajstić information content (AvgIpc) is 3.54. The normalized spacial score (nSPS) is 11.4. The maximum absolute atomic E-state index is 4.53. The molecular weight excluding hydrogens is 615 g/mol. The number of hydrogen-bond donors (Lipinski definition) is 0. The van der Waals surface area contributed by atoms with Gasteiger partial charge in [-0.3, -0.25) is 9.80 Å². The van der Waals surface area contributed by atoms with E-state index in [0.29, 0.717) is 0 Å². The van der Waals surface area contributed by atoms with Crippen LogP contribution in [-0.2, 0) is 46.3 Å². The Bertz CT molecular complexity index is 1040. The molecule has 0 saturated heterocycles. The van der Waals surface area contributed by atoms with Gasteiger partial charge in [0.2, 0.25) is 0 Å². The van der Waals surface area contributed by atoms with Crippen LogP contribution in [0.3, 0.4) is 0 Å². The summed E-state index contributed by atoms with van der Waals surface area (Å²) in [7, 11) is 0. The van der Waals surface area contributed by atoms with Crippen LogP contribution in [0.1, 0.15) is 46.7 Å². The number of rotatable bonds is 12. The first-order valence-electron chi connectivity index (χ1n) is 10.7. The van der Waals surface area contributed by atoms with E-state index >= 15 is 0 Å². The molecule has 4 rings (SSSR count). The predicted molar refractivity (Wildman–Crippen MR) is 122 cm³/mol. The van der Waals surface area contributed by atoms with Crippen LogP contribution < -0.4 is 15.0 Å². The molecule has 0 unspecified atom stereocenters. The molecule has 0 bridgehead atoms. The van der Waals surface area contributed by atoms with E-state index in [2.05, 4.69) is 50.1 Å². The van der Waals surface area contributed by atoms with Gasteiger partial charge in [-0.1, -0.05) is 53.1 Å². The van der Waals surface area contributed by atoms with E-state index in [1.165, 1.54) is 0 Å². The number of aryl methyl sites for hydroxylation is 3. The van der Waals surface area contributed by atoms with Crippen molar-refractivity contribution in [1.29, 1.82) is 0 Å². The maximum Gasteiger partial charge on any atom is 0.0795 e. The molecule has 11 heteroatoms. The number of thiazole rings is 1. The van der Waals surface area contributed by atoms with Crippen molar-refractivity contribution in [2.75, 3.05) is 13.1 Å². The van der Waals surface area contributed by atoms with Gasteiger partial charge in [0.15, 0.2) is 0 Å². The first-order valence-corrected chi connectivity index (χ1v) is 11.6. The van der Waals surface area contributed by atoms with Crippen LogP contribution in [0.25, 0.3) is 0 Å². The quantitative estimate of drug-likeness (QED) is 0.230. The maximum atomic E-state index is 4.53. The molecule has 179 valence electrons. The van der Waals surface area contributed by atoms with Crippen molar-refractivity contribution >= 4 is 11.3 Å². The van der Waals surface area contributed by atoms with E-state index in [4.69, 9.17) is 0 Å². The first kappa shape index (κ1) is 25.5. The van der Waals surface area contributed by atoms with Gasteiger partial charge in [0, 0.05) is 64.8 Å². The van der Waals surface area contributed by atoms with Gasteiger partial charge in [0.05, 0.1) is 11.2 Å². The van der Waals surface area contributed by atoms with Crippen molar-refractivity contribution in [1.82, 2.24) is 44.7 Å². The number of hydrogen-bond acceptors (Lipinski definition) is 7. The van der Waals surface area contributed by atoms with Crippen LogP contribution in [0, 0.1) is 20.8 Å². The van der Waals surface area contributed by atoms with Crippen molar-refractivity contribution in [2.24, 2.45) is 0 Å². The van der Waals surface area contributed by atoms with Gasteiger partial charge in [0.1, 0.15) is 0 Å². The largest absolute Gasteiger partial charge is 0.446 e. The Kier molecular flexibility index (Phi) is 9.51. The summed E-state index contributed by atoms with van der Waals surface area (Å²) in [5.74, 6) is 2.44. The van der Waals surface area contributed by atoms with E-state index in [0.717, 1.165) is 85.9 Å². The van der Waals surface area contributed by atoms with Crippen molar-refractivity contribution < 1.29 is 20.1 Å². The topological polar surface area (TPSA) is 100 Å². The molecule has 0 fully saturated rings.